The molecule has 0 aliphatic carbocycles. The molecule has 0 aromatic carbocycles. The Bertz CT molecular complexity index is 344. The molecule has 1 fully saturated rings. The molecule has 0 aromatic heterocycles. The zero-order valence-corrected chi connectivity index (χ0v) is 13.0. The summed E-state index contributed by atoms with van der Waals surface area (Å²) in [7, 11) is 0. The van der Waals surface area contributed by atoms with Crippen LogP contribution < -0.4 is 5.32 Å². The minimum absolute atomic E-state index is 0.275. The van der Waals surface area contributed by atoms with Crippen molar-refractivity contribution >= 4 is 12.0 Å². The molecule has 20 heavy (non-hydrogen) atoms. The summed E-state index contributed by atoms with van der Waals surface area (Å²) in [5, 5.41) is 11.9. The Morgan fingerprint density at radius 3 is 2.15 bits per heavy atom. The summed E-state index contributed by atoms with van der Waals surface area (Å²) in [6, 6.07) is -1.15. The van der Waals surface area contributed by atoms with Crippen molar-refractivity contribution in [2.45, 2.75) is 40.2 Å². The van der Waals surface area contributed by atoms with Gasteiger partial charge >= 0.3 is 12.0 Å². The number of amides is 2. The van der Waals surface area contributed by atoms with Crippen molar-refractivity contribution in [2.24, 2.45) is 5.41 Å². The first-order valence-electron chi connectivity index (χ1n) is 7.26. The first-order valence-corrected chi connectivity index (χ1v) is 7.26. The predicted molar refractivity (Wildman–Crippen MR) is 77.7 cm³/mol. The number of nitrogens with one attached hydrogen (secondary N) is 1. The van der Waals surface area contributed by atoms with Crippen molar-refractivity contribution < 1.29 is 14.7 Å². The van der Waals surface area contributed by atoms with E-state index in [0.29, 0.717) is 13.1 Å². The molecule has 0 saturated carbocycles. The third-order valence-electron chi connectivity index (χ3n) is 3.58. The molecule has 1 atom stereocenters. The number of nitrogens with zero attached hydrogens (tertiary/aromatic N) is 2. The van der Waals surface area contributed by atoms with Crippen LogP contribution in [0.4, 0.5) is 4.79 Å². The second-order valence-electron chi connectivity index (χ2n) is 6.42. The van der Waals surface area contributed by atoms with Gasteiger partial charge in [0.15, 0.2) is 0 Å². The molecule has 1 saturated heterocycles. The normalized spacial score (nSPS) is 18.7. The van der Waals surface area contributed by atoms with Crippen LogP contribution in [0.25, 0.3) is 0 Å². The standard InChI is InChI=1S/C14H27N3O3/c1-5-6-16-7-9-17(10-8-16)13(20)15-11(12(18)19)14(2,3)4/h11H,5-10H2,1-4H3,(H,15,20)(H,18,19)/t11-/m0/s1. The number of piperazine rings is 1. The van der Waals surface area contributed by atoms with Crippen LogP contribution in [0.3, 0.4) is 0 Å². The van der Waals surface area contributed by atoms with Gasteiger partial charge in [0.05, 0.1) is 0 Å². The number of carbonyl (C=O) groups is 2. The van der Waals surface area contributed by atoms with Crippen LogP contribution in [0.15, 0.2) is 0 Å². The molecule has 2 N–H and O–H groups in total. The van der Waals surface area contributed by atoms with Crippen molar-refractivity contribution in [3.05, 3.63) is 0 Å². The van der Waals surface area contributed by atoms with Gasteiger partial charge in [-0.3, -0.25) is 4.90 Å². The van der Waals surface area contributed by atoms with E-state index in [0.717, 1.165) is 26.1 Å². The maximum Gasteiger partial charge on any atom is 0.326 e. The van der Waals surface area contributed by atoms with Crippen LogP contribution in [-0.2, 0) is 4.79 Å². The lowest BCUT2D eigenvalue weighted by Gasteiger charge is -2.36. The third kappa shape index (κ3) is 4.67. The van der Waals surface area contributed by atoms with Gasteiger partial charge < -0.3 is 15.3 Å². The Hall–Kier alpha value is -1.30. The van der Waals surface area contributed by atoms with Crippen molar-refractivity contribution in [3.63, 3.8) is 0 Å². The summed E-state index contributed by atoms with van der Waals surface area (Å²) in [5.74, 6) is -0.990. The van der Waals surface area contributed by atoms with Gasteiger partial charge in [-0.1, -0.05) is 27.7 Å². The molecule has 0 aromatic rings. The molecule has 1 aliphatic rings. The summed E-state index contributed by atoms with van der Waals surface area (Å²) in [5.41, 5.74) is -0.508. The topological polar surface area (TPSA) is 72.9 Å². The van der Waals surface area contributed by atoms with E-state index in [1.807, 2.05) is 20.8 Å². The number of carbonyl (C=O) groups excluding carboxylic acids is 1. The van der Waals surface area contributed by atoms with E-state index in [9.17, 15) is 14.7 Å². The van der Waals surface area contributed by atoms with E-state index in [-0.39, 0.29) is 6.03 Å². The largest absolute Gasteiger partial charge is 0.480 e. The monoisotopic (exact) mass is 285 g/mol. The number of rotatable bonds is 4. The fraction of sp³-hybridized carbons (Fsp3) is 0.857. The van der Waals surface area contributed by atoms with Crippen molar-refractivity contribution in [3.8, 4) is 0 Å². The molecule has 116 valence electrons. The highest BCUT2D eigenvalue weighted by Gasteiger charge is 2.34. The molecule has 1 rings (SSSR count). The van der Waals surface area contributed by atoms with Gasteiger partial charge in [-0.25, -0.2) is 9.59 Å². The first kappa shape index (κ1) is 16.8. The van der Waals surface area contributed by atoms with Crippen molar-refractivity contribution in [2.75, 3.05) is 32.7 Å². The number of carboxylic acids is 1. The summed E-state index contributed by atoms with van der Waals surface area (Å²) in [4.78, 5) is 27.4. The maximum absolute atomic E-state index is 12.2. The molecule has 0 spiro atoms. The Morgan fingerprint density at radius 1 is 1.20 bits per heavy atom. The van der Waals surface area contributed by atoms with E-state index in [1.54, 1.807) is 4.90 Å². The van der Waals surface area contributed by atoms with Gasteiger partial charge in [0.25, 0.3) is 0 Å². The highest BCUT2D eigenvalue weighted by atomic mass is 16.4. The zero-order chi connectivity index (χ0) is 15.3. The molecular weight excluding hydrogens is 258 g/mol. The van der Waals surface area contributed by atoms with E-state index in [2.05, 4.69) is 17.1 Å². The minimum Gasteiger partial charge on any atom is -0.480 e. The lowest BCUT2D eigenvalue weighted by Crippen LogP contribution is -2.57. The Labute approximate surface area is 121 Å². The van der Waals surface area contributed by atoms with Gasteiger partial charge in [-0.15, -0.1) is 0 Å². The van der Waals surface area contributed by atoms with Gasteiger partial charge in [0.2, 0.25) is 0 Å². The third-order valence-corrected chi connectivity index (χ3v) is 3.58. The maximum atomic E-state index is 12.2. The SMILES string of the molecule is CCCN1CCN(C(=O)N[C@@H](C(=O)O)C(C)(C)C)CC1. The molecule has 0 bridgehead atoms. The van der Waals surface area contributed by atoms with E-state index >= 15 is 0 Å². The summed E-state index contributed by atoms with van der Waals surface area (Å²) < 4.78 is 0. The average Bonchev–Trinajstić information content (AvgIpc) is 2.35. The minimum atomic E-state index is -0.990. The number of hydrogen-bond acceptors (Lipinski definition) is 3. The molecule has 6 heteroatoms. The molecule has 0 radical (unpaired) electrons. The molecule has 6 nitrogen and oxygen atoms in total. The Morgan fingerprint density at radius 2 is 1.75 bits per heavy atom. The average molecular weight is 285 g/mol. The molecule has 1 aliphatic heterocycles. The van der Waals surface area contributed by atoms with Crippen LogP contribution >= 0.6 is 0 Å². The lowest BCUT2D eigenvalue weighted by molar-refractivity contribution is -0.142. The fourth-order valence-electron chi connectivity index (χ4n) is 2.35. The summed E-state index contributed by atoms with van der Waals surface area (Å²) in [6.45, 7) is 11.6. The summed E-state index contributed by atoms with van der Waals surface area (Å²) in [6.07, 6.45) is 1.11. The van der Waals surface area contributed by atoms with Crippen LogP contribution in [-0.4, -0.2) is 65.7 Å². The van der Waals surface area contributed by atoms with E-state index in [1.165, 1.54) is 0 Å². The summed E-state index contributed by atoms with van der Waals surface area (Å²) >= 11 is 0. The quantitative estimate of drug-likeness (QED) is 0.814. The lowest BCUT2D eigenvalue weighted by atomic mass is 9.87. The highest BCUT2D eigenvalue weighted by molar-refractivity contribution is 5.83. The molecule has 2 amide bonds. The van der Waals surface area contributed by atoms with Crippen LogP contribution in [0, 0.1) is 5.41 Å². The molecular formula is C14H27N3O3. The van der Waals surface area contributed by atoms with Gasteiger partial charge in [-0.05, 0) is 18.4 Å². The zero-order valence-electron chi connectivity index (χ0n) is 13.0. The highest BCUT2D eigenvalue weighted by Crippen LogP contribution is 2.19. The van der Waals surface area contributed by atoms with E-state index in [4.69, 9.17) is 0 Å². The number of carboxylic acid groups (broad SMARTS) is 1. The van der Waals surface area contributed by atoms with Gasteiger partial charge in [-0.2, -0.15) is 0 Å². The first-order chi connectivity index (χ1) is 9.25. The van der Waals surface area contributed by atoms with Crippen LogP contribution in [0.1, 0.15) is 34.1 Å². The smallest absolute Gasteiger partial charge is 0.326 e. The number of urea groups is 1. The Kier molecular flexibility index (Phi) is 5.80. The van der Waals surface area contributed by atoms with Crippen LogP contribution in [0.2, 0.25) is 0 Å². The second-order valence-corrected chi connectivity index (χ2v) is 6.42. The number of hydrogen-bond donors (Lipinski definition) is 2. The number of aliphatic carboxylic acids is 1. The van der Waals surface area contributed by atoms with E-state index < -0.39 is 17.4 Å². The molecule has 1 heterocycles. The fourth-order valence-corrected chi connectivity index (χ4v) is 2.35. The molecule has 0 unspecified atom stereocenters. The van der Waals surface area contributed by atoms with Crippen molar-refractivity contribution in [1.82, 2.24) is 15.1 Å². The van der Waals surface area contributed by atoms with Crippen LogP contribution in [0.5, 0.6) is 0 Å². The van der Waals surface area contributed by atoms with Gasteiger partial charge in [0.1, 0.15) is 6.04 Å². The van der Waals surface area contributed by atoms with Crippen molar-refractivity contribution in [1.29, 1.82) is 0 Å². The van der Waals surface area contributed by atoms with Gasteiger partial charge in [0, 0.05) is 26.2 Å². The second kappa shape index (κ2) is 6.92. The Balaban J connectivity index is 2.53. The predicted octanol–water partition coefficient (Wildman–Crippen LogP) is 1.22.